The Morgan fingerprint density at radius 2 is 1.89 bits per heavy atom. The van der Waals surface area contributed by atoms with Gasteiger partial charge in [-0.2, -0.15) is 0 Å². The van der Waals surface area contributed by atoms with Crippen LogP contribution in [-0.4, -0.2) is 22.2 Å². The van der Waals surface area contributed by atoms with E-state index in [1.807, 2.05) is 24.3 Å². The summed E-state index contributed by atoms with van der Waals surface area (Å²) in [4.78, 5) is 22.0. The summed E-state index contributed by atoms with van der Waals surface area (Å²) in [7, 11) is 0. The molecule has 0 aliphatic heterocycles. The maximum Gasteiger partial charge on any atom is 0.306 e. The molecule has 1 aromatic carbocycles. The van der Waals surface area contributed by atoms with Gasteiger partial charge in [0.15, 0.2) is 0 Å². The van der Waals surface area contributed by atoms with Crippen molar-refractivity contribution < 1.29 is 19.8 Å². The molecule has 5 heteroatoms. The molecule has 0 spiro atoms. The molecule has 0 heterocycles. The normalized spacial score (nSPS) is 22.8. The summed E-state index contributed by atoms with van der Waals surface area (Å²) in [6, 6.07) is 7.74. The Morgan fingerprint density at radius 1 is 1.26 bits per heavy atom. The Kier molecular flexibility index (Phi) is 4.24. The summed E-state index contributed by atoms with van der Waals surface area (Å²) in [5.41, 5.74) is 1.07. The number of aryl methyl sites for hydroxylation is 1. The number of hydrogen-bond acceptors (Lipinski definition) is 2. The summed E-state index contributed by atoms with van der Waals surface area (Å²) in [6.07, 6.45) is 1.64. The molecular weight excluding hydrogens is 312 g/mol. The molecule has 19 heavy (non-hydrogen) atoms. The first kappa shape index (κ1) is 14.1. The molecule has 1 aliphatic carbocycles. The number of carboxylic acids is 2. The van der Waals surface area contributed by atoms with Gasteiger partial charge in [-0.25, -0.2) is 0 Å². The van der Waals surface area contributed by atoms with Gasteiger partial charge in [-0.05, 0) is 42.9 Å². The van der Waals surface area contributed by atoms with E-state index in [-0.39, 0.29) is 5.92 Å². The van der Waals surface area contributed by atoms with Gasteiger partial charge in [-0.1, -0.05) is 28.1 Å². The molecular formula is C14H15BrO4. The fourth-order valence-electron chi connectivity index (χ4n) is 2.44. The zero-order chi connectivity index (χ0) is 14.0. The second-order valence-electron chi connectivity index (χ2n) is 4.95. The molecule has 1 aromatic rings. The van der Waals surface area contributed by atoms with E-state index in [0.29, 0.717) is 19.3 Å². The van der Waals surface area contributed by atoms with Crippen molar-refractivity contribution in [2.24, 2.45) is 17.8 Å². The Labute approximate surface area is 119 Å². The molecule has 3 atom stereocenters. The van der Waals surface area contributed by atoms with E-state index in [1.54, 1.807) is 0 Å². The van der Waals surface area contributed by atoms with E-state index < -0.39 is 23.8 Å². The van der Waals surface area contributed by atoms with Gasteiger partial charge >= 0.3 is 11.9 Å². The molecule has 4 nitrogen and oxygen atoms in total. The third kappa shape index (κ3) is 3.56. The van der Waals surface area contributed by atoms with Crippen molar-refractivity contribution in [3.8, 4) is 0 Å². The van der Waals surface area contributed by atoms with Gasteiger partial charge in [0.05, 0.1) is 11.8 Å². The summed E-state index contributed by atoms with van der Waals surface area (Å²) >= 11 is 3.35. The lowest BCUT2D eigenvalue weighted by molar-refractivity contribution is -0.143. The van der Waals surface area contributed by atoms with Crippen molar-refractivity contribution >= 4 is 27.9 Å². The second-order valence-corrected chi connectivity index (χ2v) is 5.87. The van der Waals surface area contributed by atoms with E-state index in [1.165, 1.54) is 0 Å². The van der Waals surface area contributed by atoms with E-state index in [4.69, 9.17) is 5.11 Å². The van der Waals surface area contributed by atoms with Crippen LogP contribution >= 0.6 is 15.9 Å². The molecule has 2 rings (SSSR count). The van der Waals surface area contributed by atoms with Crippen LogP contribution in [0.25, 0.3) is 0 Å². The monoisotopic (exact) mass is 326 g/mol. The fraction of sp³-hybridized carbons (Fsp3) is 0.429. The molecule has 102 valence electrons. The first-order valence-corrected chi connectivity index (χ1v) is 6.98. The highest BCUT2D eigenvalue weighted by Gasteiger charge is 2.50. The third-order valence-electron chi connectivity index (χ3n) is 3.65. The molecule has 3 unspecified atom stereocenters. The van der Waals surface area contributed by atoms with Crippen molar-refractivity contribution in [2.75, 3.05) is 0 Å². The van der Waals surface area contributed by atoms with E-state index in [9.17, 15) is 14.7 Å². The number of halogens is 1. The van der Waals surface area contributed by atoms with E-state index in [0.717, 1.165) is 10.0 Å². The van der Waals surface area contributed by atoms with Gasteiger partial charge in [-0.15, -0.1) is 0 Å². The van der Waals surface area contributed by atoms with Gasteiger partial charge in [0, 0.05) is 4.47 Å². The van der Waals surface area contributed by atoms with Crippen LogP contribution in [0.2, 0.25) is 0 Å². The predicted octanol–water partition coefficient (Wildman–Crippen LogP) is 2.80. The Bertz CT molecular complexity index is 483. The number of carbonyl (C=O) groups is 2. The Balaban J connectivity index is 1.93. The Morgan fingerprint density at radius 3 is 2.37 bits per heavy atom. The summed E-state index contributed by atoms with van der Waals surface area (Å²) in [5.74, 6) is -2.98. The van der Waals surface area contributed by atoms with Gasteiger partial charge in [0.1, 0.15) is 0 Å². The van der Waals surface area contributed by atoms with Crippen LogP contribution in [-0.2, 0) is 16.0 Å². The van der Waals surface area contributed by atoms with Crippen LogP contribution in [0.3, 0.4) is 0 Å². The van der Waals surface area contributed by atoms with Crippen molar-refractivity contribution in [2.45, 2.75) is 19.3 Å². The van der Waals surface area contributed by atoms with Crippen molar-refractivity contribution in [3.63, 3.8) is 0 Å². The lowest BCUT2D eigenvalue weighted by Crippen LogP contribution is -2.19. The van der Waals surface area contributed by atoms with Gasteiger partial charge < -0.3 is 10.2 Å². The standard InChI is InChI=1S/C14H15BrO4/c15-9-4-1-8(2-5-9)3-6-10(13(16)17)11-7-12(11)14(18)19/h1-2,4-5,10-12H,3,6-7H2,(H,16,17)(H,18,19). The predicted molar refractivity (Wildman–Crippen MR) is 72.8 cm³/mol. The highest BCUT2D eigenvalue weighted by Crippen LogP contribution is 2.46. The molecule has 0 amide bonds. The van der Waals surface area contributed by atoms with Crippen LogP contribution < -0.4 is 0 Å². The first-order chi connectivity index (χ1) is 8.99. The van der Waals surface area contributed by atoms with Gasteiger partial charge in [0.25, 0.3) is 0 Å². The van der Waals surface area contributed by atoms with Crippen molar-refractivity contribution in [1.82, 2.24) is 0 Å². The zero-order valence-electron chi connectivity index (χ0n) is 10.3. The number of carboxylic acid groups (broad SMARTS) is 2. The summed E-state index contributed by atoms with van der Waals surface area (Å²) < 4.78 is 0.985. The Hall–Kier alpha value is -1.36. The average molecular weight is 327 g/mol. The highest BCUT2D eigenvalue weighted by atomic mass is 79.9. The minimum Gasteiger partial charge on any atom is -0.481 e. The maximum absolute atomic E-state index is 11.2. The quantitative estimate of drug-likeness (QED) is 0.842. The summed E-state index contributed by atoms with van der Waals surface area (Å²) in [5, 5.41) is 18.1. The SMILES string of the molecule is O=C(O)C(CCc1ccc(Br)cc1)C1CC1C(=O)O. The largest absolute Gasteiger partial charge is 0.481 e. The van der Waals surface area contributed by atoms with Crippen LogP contribution in [0.4, 0.5) is 0 Å². The van der Waals surface area contributed by atoms with E-state index >= 15 is 0 Å². The third-order valence-corrected chi connectivity index (χ3v) is 4.18. The minimum atomic E-state index is -0.883. The lowest BCUT2D eigenvalue weighted by atomic mass is 9.94. The zero-order valence-corrected chi connectivity index (χ0v) is 11.8. The molecule has 1 saturated carbocycles. The number of hydrogen-bond donors (Lipinski definition) is 2. The van der Waals surface area contributed by atoms with Crippen LogP contribution in [0, 0.1) is 17.8 Å². The van der Waals surface area contributed by atoms with Crippen molar-refractivity contribution in [3.05, 3.63) is 34.3 Å². The highest BCUT2D eigenvalue weighted by molar-refractivity contribution is 9.10. The number of rotatable bonds is 6. The number of aliphatic carboxylic acids is 2. The van der Waals surface area contributed by atoms with Crippen LogP contribution in [0.5, 0.6) is 0 Å². The topological polar surface area (TPSA) is 74.6 Å². The van der Waals surface area contributed by atoms with Crippen molar-refractivity contribution in [1.29, 1.82) is 0 Å². The van der Waals surface area contributed by atoms with Gasteiger partial charge in [0.2, 0.25) is 0 Å². The molecule has 1 fully saturated rings. The first-order valence-electron chi connectivity index (χ1n) is 6.19. The maximum atomic E-state index is 11.2. The molecule has 0 radical (unpaired) electrons. The van der Waals surface area contributed by atoms with E-state index in [2.05, 4.69) is 15.9 Å². The minimum absolute atomic E-state index is 0.203. The lowest BCUT2D eigenvalue weighted by Gasteiger charge is -2.11. The van der Waals surface area contributed by atoms with Gasteiger partial charge in [-0.3, -0.25) is 9.59 Å². The number of benzene rings is 1. The molecule has 0 saturated heterocycles. The molecule has 1 aliphatic rings. The smallest absolute Gasteiger partial charge is 0.306 e. The van der Waals surface area contributed by atoms with Crippen LogP contribution in [0.1, 0.15) is 18.4 Å². The summed E-state index contributed by atoms with van der Waals surface area (Å²) in [6.45, 7) is 0. The molecule has 0 bridgehead atoms. The molecule has 2 N–H and O–H groups in total. The fourth-order valence-corrected chi connectivity index (χ4v) is 2.70. The average Bonchev–Trinajstić information content (AvgIpc) is 3.11. The van der Waals surface area contributed by atoms with Crippen LogP contribution in [0.15, 0.2) is 28.7 Å². The molecule has 0 aromatic heterocycles. The second kappa shape index (κ2) is 5.74.